The summed E-state index contributed by atoms with van der Waals surface area (Å²) in [5.74, 6) is 0.903. The lowest BCUT2D eigenvalue weighted by molar-refractivity contribution is 0.387. The van der Waals surface area contributed by atoms with Crippen LogP contribution in [0.15, 0.2) is 54.6 Å². The summed E-state index contributed by atoms with van der Waals surface area (Å²) in [5.41, 5.74) is 2.64. The maximum Gasteiger partial charge on any atom is 0.229 e. The lowest BCUT2D eigenvalue weighted by atomic mass is 10.2. The molecule has 2 aromatic carbocycles. The second kappa shape index (κ2) is 7.61. The molecular weight excluding hydrogens is 319 g/mol. The second-order valence-electron chi connectivity index (χ2n) is 5.53. The van der Waals surface area contributed by atoms with Gasteiger partial charge in [0.25, 0.3) is 0 Å². The van der Waals surface area contributed by atoms with Crippen molar-refractivity contribution in [1.29, 1.82) is 0 Å². The van der Waals surface area contributed by atoms with Gasteiger partial charge in [0.15, 0.2) is 11.6 Å². The molecule has 0 saturated carbocycles. The summed E-state index contributed by atoms with van der Waals surface area (Å²) in [6, 6.07) is 16.5. The highest BCUT2D eigenvalue weighted by Gasteiger charge is 2.07. The summed E-state index contributed by atoms with van der Waals surface area (Å²) in [5, 5.41) is 6.36. The summed E-state index contributed by atoms with van der Waals surface area (Å²) >= 11 is 0. The number of methoxy groups -OCH3 is 1. The van der Waals surface area contributed by atoms with Crippen molar-refractivity contribution >= 4 is 17.5 Å². The van der Waals surface area contributed by atoms with Crippen LogP contribution in [0.3, 0.4) is 0 Å². The van der Waals surface area contributed by atoms with Gasteiger partial charge in [-0.05, 0) is 24.6 Å². The number of nitrogens with one attached hydrogen (secondary N) is 2. The molecule has 6 heteroatoms. The predicted molar refractivity (Wildman–Crippen MR) is 96.8 cm³/mol. The lowest BCUT2D eigenvalue weighted by Gasteiger charge is -2.11. The maximum atomic E-state index is 13.5. The number of rotatable bonds is 6. The first-order valence-corrected chi connectivity index (χ1v) is 7.88. The number of hydrogen-bond acceptors (Lipinski definition) is 5. The quantitative estimate of drug-likeness (QED) is 0.702. The van der Waals surface area contributed by atoms with Crippen LogP contribution in [0.25, 0.3) is 0 Å². The molecule has 25 heavy (non-hydrogen) atoms. The molecule has 1 aromatic heterocycles. The van der Waals surface area contributed by atoms with Gasteiger partial charge in [0.05, 0.1) is 7.11 Å². The van der Waals surface area contributed by atoms with Gasteiger partial charge in [-0.1, -0.05) is 30.3 Å². The van der Waals surface area contributed by atoms with Crippen molar-refractivity contribution in [3.05, 3.63) is 71.7 Å². The molecule has 0 aliphatic rings. The Labute approximate surface area is 145 Å². The van der Waals surface area contributed by atoms with Crippen molar-refractivity contribution < 1.29 is 9.13 Å². The molecule has 2 N–H and O–H groups in total. The molecule has 3 aromatic rings. The summed E-state index contributed by atoms with van der Waals surface area (Å²) in [6.07, 6.45) is 0. The molecule has 0 atom stereocenters. The topological polar surface area (TPSA) is 59.1 Å². The molecule has 0 saturated heterocycles. The van der Waals surface area contributed by atoms with Gasteiger partial charge in [0.2, 0.25) is 5.95 Å². The Morgan fingerprint density at radius 1 is 1.04 bits per heavy atom. The second-order valence-corrected chi connectivity index (χ2v) is 5.53. The minimum Gasteiger partial charge on any atom is -0.494 e. The Bertz CT molecular complexity index is 855. The van der Waals surface area contributed by atoms with Crippen LogP contribution in [-0.2, 0) is 6.54 Å². The van der Waals surface area contributed by atoms with Crippen LogP contribution in [-0.4, -0.2) is 17.1 Å². The third kappa shape index (κ3) is 4.44. The standard InChI is InChI=1S/C19H19FN4O/c1-13-10-18(21-12-14-6-4-3-5-7-14)24-19(22-13)23-15-8-9-16(20)17(11-15)25-2/h3-11H,12H2,1-2H3,(H2,21,22,23,24). The van der Waals surface area contributed by atoms with Gasteiger partial charge in [-0.25, -0.2) is 9.37 Å². The van der Waals surface area contributed by atoms with Gasteiger partial charge in [-0.15, -0.1) is 0 Å². The fourth-order valence-electron chi connectivity index (χ4n) is 2.37. The van der Waals surface area contributed by atoms with Gasteiger partial charge in [-0.3, -0.25) is 0 Å². The van der Waals surface area contributed by atoms with Crippen LogP contribution >= 0.6 is 0 Å². The minimum absolute atomic E-state index is 0.167. The molecule has 0 spiro atoms. The third-order valence-electron chi connectivity index (χ3n) is 3.58. The number of halogens is 1. The normalized spacial score (nSPS) is 10.4. The smallest absolute Gasteiger partial charge is 0.229 e. The van der Waals surface area contributed by atoms with E-state index >= 15 is 0 Å². The van der Waals surface area contributed by atoms with Gasteiger partial charge in [-0.2, -0.15) is 4.98 Å². The summed E-state index contributed by atoms with van der Waals surface area (Å²) in [7, 11) is 1.43. The molecule has 0 radical (unpaired) electrons. The molecule has 5 nitrogen and oxygen atoms in total. The summed E-state index contributed by atoms with van der Waals surface area (Å²) in [6.45, 7) is 2.56. The van der Waals surface area contributed by atoms with Crippen molar-refractivity contribution in [2.24, 2.45) is 0 Å². The van der Waals surface area contributed by atoms with Crippen LogP contribution in [0.2, 0.25) is 0 Å². The number of benzene rings is 2. The van der Waals surface area contributed by atoms with Crippen LogP contribution in [0, 0.1) is 12.7 Å². The van der Waals surface area contributed by atoms with E-state index in [-0.39, 0.29) is 5.75 Å². The van der Waals surface area contributed by atoms with Crippen molar-refractivity contribution in [2.45, 2.75) is 13.5 Å². The molecule has 0 amide bonds. The molecule has 3 rings (SSSR count). The van der Waals surface area contributed by atoms with Crippen LogP contribution in [0.5, 0.6) is 5.75 Å². The zero-order valence-corrected chi connectivity index (χ0v) is 14.1. The van der Waals surface area contributed by atoms with Crippen LogP contribution in [0.4, 0.5) is 21.8 Å². The van der Waals surface area contributed by atoms with Crippen molar-refractivity contribution in [2.75, 3.05) is 17.7 Å². The van der Waals surface area contributed by atoms with E-state index in [9.17, 15) is 4.39 Å². The van der Waals surface area contributed by atoms with Crippen LogP contribution < -0.4 is 15.4 Å². The van der Waals surface area contributed by atoms with E-state index in [1.54, 1.807) is 12.1 Å². The number of nitrogens with zero attached hydrogens (tertiary/aromatic N) is 2. The van der Waals surface area contributed by atoms with E-state index in [0.717, 1.165) is 11.3 Å². The number of anilines is 3. The largest absolute Gasteiger partial charge is 0.494 e. The van der Waals surface area contributed by atoms with Crippen molar-refractivity contribution in [1.82, 2.24) is 9.97 Å². The fourth-order valence-corrected chi connectivity index (χ4v) is 2.37. The van der Waals surface area contributed by atoms with Gasteiger partial charge >= 0.3 is 0 Å². The fraction of sp³-hybridized carbons (Fsp3) is 0.158. The molecular formula is C19H19FN4O. The highest BCUT2D eigenvalue weighted by molar-refractivity contribution is 5.57. The Kier molecular flexibility index (Phi) is 5.09. The average Bonchev–Trinajstić information content (AvgIpc) is 2.62. The Hall–Kier alpha value is -3.15. The predicted octanol–water partition coefficient (Wildman–Crippen LogP) is 4.29. The molecule has 0 fully saturated rings. The molecule has 0 unspecified atom stereocenters. The zero-order chi connectivity index (χ0) is 17.6. The Morgan fingerprint density at radius 2 is 1.84 bits per heavy atom. The zero-order valence-electron chi connectivity index (χ0n) is 14.1. The highest BCUT2D eigenvalue weighted by atomic mass is 19.1. The maximum absolute atomic E-state index is 13.5. The van der Waals surface area contributed by atoms with Crippen LogP contribution in [0.1, 0.15) is 11.3 Å². The first kappa shape index (κ1) is 16.7. The van der Waals surface area contributed by atoms with E-state index < -0.39 is 5.82 Å². The summed E-state index contributed by atoms with van der Waals surface area (Å²) < 4.78 is 18.5. The summed E-state index contributed by atoms with van der Waals surface area (Å²) in [4.78, 5) is 8.82. The van der Waals surface area contributed by atoms with E-state index in [2.05, 4.69) is 20.6 Å². The van der Waals surface area contributed by atoms with Gasteiger partial charge in [0, 0.05) is 30.1 Å². The highest BCUT2D eigenvalue weighted by Crippen LogP contribution is 2.23. The first-order chi connectivity index (χ1) is 12.1. The lowest BCUT2D eigenvalue weighted by Crippen LogP contribution is -2.05. The molecule has 1 heterocycles. The van der Waals surface area contributed by atoms with Crippen molar-refractivity contribution in [3.63, 3.8) is 0 Å². The van der Waals surface area contributed by atoms with E-state index in [1.807, 2.05) is 43.3 Å². The van der Waals surface area contributed by atoms with Crippen molar-refractivity contribution in [3.8, 4) is 5.75 Å². The monoisotopic (exact) mass is 338 g/mol. The first-order valence-electron chi connectivity index (χ1n) is 7.88. The molecule has 0 aliphatic carbocycles. The molecule has 0 aliphatic heterocycles. The number of aromatic nitrogens is 2. The molecule has 128 valence electrons. The van der Waals surface area contributed by atoms with E-state index in [1.165, 1.54) is 13.2 Å². The Balaban J connectivity index is 1.75. The minimum atomic E-state index is -0.413. The van der Waals surface area contributed by atoms with Gasteiger partial charge in [0.1, 0.15) is 5.82 Å². The number of aryl methyl sites for hydroxylation is 1. The van der Waals surface area contributed by atoms with Gasteiger partial charge < -0.3 is 15.4 Å². The average molecular weight is 338 g/mol. The third-order valence-corrected chi connectivity index (χ3v) is 3.58. The number of ether oxygens (including phenoxy) is 1. The Morgan fingerprint density at radius 3 is 2.60 bits per heavy atom. The number of hydrogen-bond donors (Lipinski definition) is 2. The van der Waals surface area contributed by atoms with E-state index in [0.29, 0.717) is 24.0 Å². The van der Waals surface area contributed by atoms with E-state index in [4.69, 9.17) is 4.74 Å². The SMILES string of the molecule is COc1cc(Nc2nc(C)cc(NCc3ccccc3)n2)ccc1F. The molecule has 0 bridgehead atoms.